The Labute approximate surface area is 195 Å². The molecule has 184 valence electrons. The van der Waals surface area contributed by atoms with E-state index in [0.29, 0.717) is 5.69 Å². The summed E-state index contributed by atoms with van der Waals surface area (Å²) in [5.74, 6) is -0.402. The highest BCUT2D eigenvalue weighted by molar-refractivity contribution is 6.32. The van der Waals surface area contributed by atoms with Gasteiger partial charge in [-0.05, 0) is 52.6 Å². The van der Waals surface area contributed by atoms with E-state index in [0.717, 1.165) is 58.2 Å². The quantitative estimate of drug-likeness (QED) is 0.325. The van der Waals surface area contributed by atoms with E-state index in [9.17, 15) is 18.0 Å². The lowest BCUT2D eigenvalue weighted by Crippen LogP contribution is -2.45. The Morgan fingerprint density at radius 1 is 1.16 bits per heavy atom. The molecule has 1 aromatic heterocycles. The molecule has 1 heterocycles. The van der Waals surface area contributed by atoms with Crippen LogP contribution >= 0.6 is 11.6 Å². The SMILES string of the molecule is CCCCCN(CCCCC)CC(C)NC(=O)C(C)n1nc(C(F)(F)F)c(Cl)c1C1CC1. The van der Waals surface area contributed by atoms with Crippen LogP contribution in [0, 0.1) is 0 Å². The van der Waals surface area contributed by atoms with Crippen molar-refractivity contribution in [3.05, 3.63) is 16.4 Å². The van der Waals surface area contributed by atoms with Crippen LogP contribution in [0.25, 0.3) is 0 Å². The van der Waals surface area contributed by atoms with Crippen LogP contribution in [0.2, 0.25) is 5.02 Å². The molecule has 9 heteroatoms. The molecule has 1 N–H and O–H groups in total. The first-order valence-electron chi connectivity index (χ1n) is 12.0. The minimum Gasteiger partial charge on any atom is -0.351 e. The molecule has 1 aliphatic carbocycles. The normalized spacial score (nSPS) is 16.4. The highest BCUT2D eigenvalue weighted by atomic mass is 35.5. The average Bonchev–Trinajstić information content (AvgIpc) is 3.48. The fourth-order valence-corrected chi connectivity index (χ4v) is 4.39. The highest BCUT2D eigenvalue weighted by Gasteiger charge is 2.43. The van der Waals surface area contributed by atoms with E-state index in [1.165, 1.54) is 17.5 Å². The van der Waals surface area contributed by atoms with E-state index >= 15 is 0 Å². The minimum absolute atomic E-state index is 0.0635. The van der Waals surface area contributed by atoms with Gasteiger partial charge in [0.25, 0.3) is 0 Å². The first-order chi connectivity index (χ1) is 15.1. The van der Waals surface area contributed by atoms with Crippen LogP contribution in [0.5, 0.6) is 0 Å². The molecule has 0 aliphatic heterocycles. The number of hydrogen-bond donors (Lipinski definition) is 1. The third kappa shape index (κ3) is 7.65. The number of carbonyl (C=O) groups is 1. The highest BCUT2D eigenvalue weighted by Crippen LogP contribution is 2.47. The number of halogens is 4. The number of nitrogens with one attached hydrogen (secondary N) is 1. The van der Waals surface area contributed by atoms with Crippen molar-refractivity contribution in [1.82, 2.24) is 20.0 Å². The fraction of sp³-hybridized carbons (Fsp3) is 0.826. The first kappa shape index (κ1) is 27.0. The van der Waals surface area contributed by atoms with E-state index in [4.69, 9.17) is 11.6 Å². The lowest BCUT2D eigenvalue weighted by Gasteiger charge is -2.27. The molecule has 1 aliphatic rings. The third-order valence-electron chi connectivity index (χ3n) is 5.94. The predicted octanol–water partition coefficient (Wildman–Crippen LogP) is 6.18. The zero-order valence-corrected chi connectivity index (χ0v) is 20.5. The molecule has 1 amide bonds. The zero-order chi connectivity index (χ0) is 23.9. The molecule has 0 aromatic carbocycles. The van der Waals surface area contributed by atoms with Crippen molar-refractivity contribution < 1.29 is 18.0 Å². The largest absolute Gasteiger partial charge is 0.436 e. The van der Waals surface area contributed by atoms with E-state index in [2.05, 4.69) is 29.2 Å². The van der Waals surface area contributed by atoms with Crippen LogP contribution in [0.3, 0.4) is 0 Å². The van der Waals surface area contributed by atoms with Crippen molar-refractivity contribution in [2.24, 2.45) is 0 Å². The Morgan fingerprint density at radius 2 is 1.72 bits per heavy atom. The van der Waals surface area contributed by atoms with Crippen molar-refractivity contribution in [3.8, 4) is 0 Å². The number of carbonyl (C=O) groups excluding carboxylic acids is 1. The topological polar surface area (TPSA) is 50.2 Å². The molecule has 1 aromatic rings. The lowest BCUT2D eigenvalue weighted by molar-refractivity contribution is -0.141. The van der Waals surface area contributed by atoms with Gasteiger partial charge in [-0.3, -0.25) is 9.48 Å². The molecule has 2 unspecified atom stereocenters. The number of rotatable bonds is 14. The van der Waals surface area contributed by atoms with E-state index in [1.807, 2.05) is 6.92 Å². The van der Waals surface area contributed by atoms with E-state index in [1.54, 1.807) is 6.92 Å². The summed E-state index contributed by atoms with van der Waals surface area (Å²) in [5.41, 5.74) is -0.776. The van der Waals surface area contributed by atoms with Crippen LogP contribution < -0.4 is 5.32 Å². The smallest absolute Gasteiger partial charge is 0.351 e. The van der Waals surface area contributed by atoms with Gasteiger partial charge in [0.05, 0.1) is 10.7 Å². The molecule has 0 bridgehead atoms. The summed E-state index contributed by atoms with van der Waals surface area (Å²) in [5, 5.41) is 6.33. The van der Waals surface area contributed by atoms with Gasteiger partial charge in [-0.2, -0.15) is 18.3 Å². The summed E-state index contributed by atoms with van der Waals surface area (Å²) in [7, 11) is 0. The van der Waals surface area contributed by atoms with Gasteiger partial charge < -0.3 is 10.2 Å². The van der Waals surface area contributed by atoms with Gasteiger partial charge in [0.1, 0.15) is 6.04 Å². The first-order valence-corrected chi connectivity index (χ1v) is 12.4. The van der Waals surface area contributed by atoms with Crippen molar-refractivity contribution in [1.29, 1.82) is 0 Å². The zero-order valence-electron chi connectivity index (χ0n) is 19.8. The van der Waals surface area contributed by atoms with E-state index in [-0.39, 0.29) is 22.9 Å². The molecule has 0 spiro atoms. The molecule has 1 fully saturated rings. The Morgan fingerprint density at radius 3 is 2.19 bits per heavy atom. The summed E-state index contributed by atoms with van der Waals surface area (Å²) in [4.78, 5) is 15.3. The van der Waals surface area contributed by atoms with Crippen LogP contribution in [0.4, 0.5) is 13.2 Å². The monoisotopic (exact) mass is 478 g/mol. The standard InChI is InChI=1S/C23H38ClF3N4O/c1-5-7-9-13-30(14-10-8-6-2)15-16(3)28-22(32)17(4)31-20(18-11-12-18)19(24)21(29-31)23(25,26)27/h16-18H,5-15H2,1-4H3,(H,28,32). The lowest BCUT2D eigenvalue weighted by atomic mass is 10.2. The fourth-order valence-electron chi connectivity index (χ4n) is 4.00. The van der Waals surface area contributed by atoms with Gasteiger partial charge in [-0.15, -0.1) is 0 Å². The van der Waals surface area contributed by atoms with Gasteiger partial charge in [0.15, 0.2) is 5.69 Å². The van der Waals surface area contributed by atoms with Crippen LogP contribution in [-0.4, -0.2) is 46.3 Å². The van der Waals surface area contributed by atoms with Gasteiger partial charge in [0.2, 0.25) is 5.91 Å². The maximum Gasteiger partial charge on any atom is 0.436 e. The van der Waals surface area contributed by atoms with Crippen molar-refractivity contribution in [2.75, 3.05) is 19.6 Å². The summed E-state index contributed by atoms with van der Waals surface area (Å²) < 4.78 is 41.2. The van der Waals surface area contributed by atoms with Crippen LogP contribution in [0.1, 0.15) is 102 Å². The van der Waals surface area contributed by atoms with Crippen LogP contribution in [-0.2, 0) is 11.0 Å². The Balaban J connectivity index is 2.04. The summed E-state index contributed by atoms with van der Waals surface area (Å²) in [6, 6.07) is -0.985. The molecule has 32 heavy (non-hydrogen) atoms. The van der Waals surface area contributed by atoms with Crippen molar-refractivity contribution >= 4 is 17.5 Å². The Kier molecular flexibility index (Phi) is 10.3. The van der Waals surface area contributed by atoms with Crippen LogP contribution in [0.15, 0.2) is 0 Å². The van der Waals surface area contributed by atoms with E-state index < -0.39 is 17.9 Å². The van der Waals surface area contributed by atoms with Crippen molar-refractivity contribution in [2.45, 2.75) is 103 Å². The number of unbranched alkanes of at least 4 members (excludes halogenated alkanes) is 4. The molecule has 2 rings (SSSR count). The molecular weight excluding hydrogens is 441 g/mol. The molecule has 0 radical (unpaired) electrons. The Hall–Kier alpha value is -1.28. The maximum absolute atomic E-state index is 13.3. The number of aromatic nitrogens is 2. The summed E-state index contributed by atoms with van der Waals surface area (Å²) in [6.07, 6.45) is 3.78. The average molecular weight is 479 g/mol. The van der Waals surface area contributed by atoms with Gasteiger partial charge in [-0.25, -0.2) is 0 Å². The molecule has 0 saturated heterocycles. The van der Waals surface area contributed by atoms with Crippen molar-refractivity contribution in [3.63, 3.8) is 0 Å². The van der Waals surface area contributed by atoms with Gasteiger partial charge >= 0.3 is 6.18 Å². The molecule has 5 nitrogen and oxygen atoms in total. The van der Waals surface area contributed by atoms with Gasteiger partial charge in [-0.1, -0.05) is 51.1 Å². The molecule has 2 atom stereocenters. The molecule has 1 saturated carbocycles. The second-order valence-electron chi connectivity index (χ2n) is 9.06. The number of nitrogens with zero attached hydrogens (tertiary/aromatic N) is 3. The summed E-state index contributed by atoms with van der Waals surface area (Å²) in [6.45, 7) is 10.6. The Bertz CT molecular complexity index is 724. The third-order valence-corrected chi connectivity index (χ3v) is 6.32. The minimum atomic E-state index is -4.65. The molecular formula is C23H38ClF3N4O. The summed E-state index contributed by atoms with van der Waals surface area (Å²) >= 11 is 6.05. The second kappa shape index (κ2) is 12.3. The second-order valence-corrected chi connectivity index (χ2v) is 9.44. The van der Waals surface area contributed by atoms with Gasteiger partial charge in [0, 0.05) is 18.5 Å². The number of hydrogen-bond acceptors (Lipinski definition) is 3. The predicted molar refractivity (Wildman–Crippen MR) is 122 cm³/mol. The maximum atomic E-state index is 13.3. The number of amides is 1. The number of alkyl halides is 3.